The number of rotatable bonds is 2. The number of nitrogens with zero attached hydrogens (tertiary/aromatic N) is 6. The van der Waals surface area contributed by atoms with Gasteiger partial charge >= 0.3 is 0 Å². The Kier molecular flexibility index (Phi) is 2.87. The number of aromatic nitrogens is 6. The van der Waals surface area contributed by atoms with Crippen LogP contribution in [0.15, 0.2) is 42.9 Å². The summed E-state index contributed by atoms with van der Waals surface area (Å²) in [6, 6.07) is 9.83. The van der Waals surface area contributed by atoms with Crippen molar-refractivity contribution in [2.24, 2.45) is 0 Å². The smallest absolute Gasteiger partial charge is 0.170 e. The van der Waals surface area contributed by atoms with Gasteiger partial charge in [-0.2, -0.15) is 14.9 Å². The predicted molar refractivity (Wildman–Crippen MR) is 87.7 cm³/mol. The van der Waals surface area contributed by atoms with Crippen molar-refractivity contribution in [3.8, 4) is 11.5 Å². The third-order valence-corrected chi connectivity index (χ3v) is 3.75. The van der Waals surface area contributed by atoms with Crippen LogP contribution < -0.4 is 5.73 Å². The zero-order chi connectivity index (χ0) is 16.0. The van der Waals surface area contributed by atoms with Crippen LogP contribution in [0.2, 0.25) is 0 Å². The van der Waals surface area contributed by atoms with Crippen LogP contribution in [0.4, 0.5) is 5.82 Å². The van der Waals surface area contributed by atoms with Gasteiger partial charge in [0.15, 0.2) is 11.5 Å². The normalized spacial score (nSPS) is 11.2. The Morgan fingerprint density at radius 3 is 2.61 bits per heavy atom. The minimum atomic E-state index is 0.533. The van der Waals surface area contributed by atoms with Gasteiger partial charge in [0, 0.05) is 6.07 Å². The van der Waals surface area contributed by atoms with Crippen molar-refractivity contribution in [3.05, 3.63) is 54.1 Å². The van der Waals surface area contributed by atoms with Crippen LogP contribution in [0.3, 0.4) is 0 Å². The zero-order valence-corrected chi connectivity index (χ0v) is 12.8. The number of hydrogen-bond donors (Lipinski definition) is 1. The number of nitrogens with two attached hydrogens (primary N) is 1. The average Bonchev–Trinajstić information content (AvgIpc) is 3.11. The fourth-order valence-electron chi connectivity index (χ4n) is 2.67. The van der Waals surface area contributed by atoms with Crippen LogP contribution in [-0.4, -0.2) is 29.5 Å². The molecule has 0 saturated carbocycles. The number of benzene rings is 1. The van der Waals surface area contributed by atoms with E-state index in [0.29, 0.717) is 11.6 Å². The van der Waals surface area contributed by atoms with E-state index in [1.165, 1.54) is 6.33 Å². The number of nitrogen functional groups attached to an aromatic ring is 1. The molecule has 23 heavy (non-hydrogen) atoms. The van der Waals surface area contributed by atoms with Gasteiger partial charge in [0.2, 0.25) is 0 Å². The Balaban J connectivity index is 1.98. The van der Waals surface area contributed by atoms with Crippen LogP contribution in [0.25, 0.3) is 22.5 Å². The van der Waals surface area contributed by atoms with Crippen molar-refractivity contribution >= 4 is 16.9 Å². The second kappa shape index (κ2) is 4.91. The maximum absolute atomic E-state index is 6.02. The molecule has 1 aromatic carbocycles. The van der Waals surface area contributed by atoms with Crippen LogP contribution >= 0.6 is 0 Å². The average molecular weight is 305 g/mol. The lowest BCUT2D eigenvalue weighted by molar-refractivity contribution is 0.843. The van der Waals surface area contributed by atoms with Gasteiger partial charge in [-0.05, 0) is 25.5 Å². The second-order valence-corrected chi connectivity index (χ2v) is 5.40. The van der Waals surface area contributed by atoms with E-state index >= 15 is 0 Å². The molecule has 3 heterocycles. The number of anilines is 1. The highest BCUT2D eigenvalue weighted by Gasteiger charge is 2.15. The summed E-state index contributed by atoms with van der Waals surface area (Å²) in [6.07, 6.45) is 3.25. The first kappa shape index (κ1) is 13.4. The van der Waals surface area contributed by atoms with Crippen molar-refractivity contribution in [1.82, 2.24) is 29.5 Å². The van der Waals surface area contributed by atoms with Gasteiger partial charge in [0.05, 0.1) is 23.0 Å². The van der Waals surface area contributed by atoms with E-state index in [-0.39, 0.29) is 0 Å². The van der Waals surface area contributed by atoms with Crippen molar-refractivity contribution in [1.29, 1.82) is 0 Å². The molecule has 4 rings (SSSR count). The molecule has 0 unspecified atom stereocenters. The summed E-state index contributed by atoms with van der Waals surface area (Å²) in [4.78, 5) is 8.73. The molecule has 0 aliphatic rings. The Hall–Kier alpha value is -3.22. The van der Waals surface area contributed by atoms with Crippen LogP contribution in [0, 0.1) is 13.8 Å². The molecule has 7 heteroatoms. The topological polar surface area (TPSA) is 87.4 Å². The molecule has 0 bridgehead atoms. The van der Waals surface area contributed by atoms with E-state index in [1.54, 1.807) is 16.9 Å². The van der Waals surface area contributed by atoms with Gasteiger partial charge < -0.3 is 5.73 Å². The molecule has 0 spiro atoms. The predicted octanol–water partition coefficient (Wildman–Crippen LogP) is 2.20. The number of fused-ring (bicyclic) bond motifs is 1. The molecule has 0 fully saturated rings. The fourth-order valence-corrected chi connectivity index (χ4v) is 2.67. The molecule has 0 saturated heterocycles. The van der Waals surface area contributed by atoms with Gasteiger partial charge in [-0.15, -0.1) is 0 Å². The molecule has 0 amide bonds. The third-order valence-electron chi connectivity index (χ3n) is 3.75. The summed E-state index contributed by atoms with van der Waals surface area (Å²) in [6.45, 7) is 3.93. The fraction of sp³-hybridized carbons (Fsp3) is 0.125. The highest BCUT2D eigenvalue weighted by atomic mass is 15.4. The minimum Gasteiger partial charge on any atom is -0.384 e. The van der Waals surface area contributed by atoms with Gasteiger partial charge in [-0.25, -0.2) is 14.6 Å². The molecule has 0 atom stereocenters. The molecule has 0 aliphatic heterocycles. The lowest BCUT2D eigenvalue weighted by atomic mass is 10.2. The standard InChI is InChI=1S/C16H15N7/c1-10-5-3-4-6-13(10)22-15-12(8-20-22)16(19-9-18-15)23-14(17)7-11(2)21-23/h3-9H,17H2,1-2H3. The molecule has 2 N–H and O–H groups in total. The summed E-state index contributed by atoms with van der Waals surface area (Å²) in [7, 11) is 0. The number of hydrogen-bond acceptors (Lipinski definition) is 5. The van der Waals surface area contributed by atoms with Crippen LogP contribution in [0.5, 0.6) is 0 Å². The Morgan fingerprint density at radius 2 is 1.87 bits per heavy atom. The second-order valence-electron chi connectivity index (χ2n) is 5.40. The van der Waals surface area contributed by atoms with Crippen LogP contribution in [0.1, 0.15) is 11.3 Å². The van der Waals surface area contributed by atoms with Crippen molar-refractivity contribution < 1.29 is 0 Å². The molecule has 114 valence electrons. The molecule has 4 aromatic rings. The van der Waals surface area contributed by atoms with Gasteiger partial charge in [-0.3, -0.25) is 0 Å². The molecule has 0 aliphatic carbocycles. The summed E-state index contributed by atoms with van der Waals surface area (Å²) in [5, 5.41) is 9.67. The summed E-state index contributed by atoms with van der Waals surface area (Å²) < 4.78 is 3.42. The lowest BCUT2D eigenvalue weighted by Gasteiger charge is -2.07. The van der Waals surface area contributed by atoms with Gasteiger partial charge in [-0.1, -0.05) is 18.2 Å². The van der Waals surface area contributed by atoms with Gasteiger partial charge in [0.25, 0.3) is 0 Å². The Labute approximate surface area is 132 Å². The molecular formula is C16H15N7. The lowest BCUT2D eigenvalue weighted by Crippen LogP contribution is -2.06. The van der Waals surface area contributed by atoms with E-state index in [4.69, 9.17) is 5.73 Å². The van der Waals surface area contributed by atoms with Crippen LogP contribution in [-0.2, 0) is 0 Å². The summed E-state index contributed by atoms with van der Waals surface area (Å²) in [5.41, 5.74) is 9.67. The van der Waals surface area contributed by atoms with E-state index in [0.717, 1.165) is 28.0 Å². The van der Waals surface area contributed by atoms with Crippen molar-refractivity contribution in [2.75, 3.05) is 5.73 Å². The number of para-hydroxylation sites is 1. The highest BCUT2D eigenvalue weighted by Crippen LogP contribution is 2.23. The van der Waals surface area contributed by atoms with Crippen molar-refractivity contribution in [2.45, 2.75) is 13.8 Å². The largest absolute Gasteiger partial charge is 0.384 e. The quantitative estimate of drug-likeness (QED) is 0.613. The Morgan fingerprint density at radius 1 is 1.04 bits per heavy atom. The first-order valence-corrected chi connectivity index (χ1v) is 7.22. The summed E-state index contributed by atoms with van der Waals surface area (Å²) in [5.74, 6) is 1.16. The maximum atomic E-state index is 6.02. The molecule has 0 radical (unpaired) electrons. The zero-order valence-electron chi connectivity index (χ0n) is 12.8. The highest BCUT2D eigenvalue weighted by molar-refractivity contribution is 5.83. The van der Waals surface area contributed by atoms with E-state index in [2.05, 4.69) is 20.2 Å². The van der Waals surface area contributed by atoms with Gasteiger partial charge in [0.1, 0.15) is 12.1 Å². The first-order valence-electron chi connectivity index (χ1n) is 7.22. The monoisotopic (exact) mass is 305 g/mol. The Bertz CT molecular complexity index is 1010. The first-order chi connectivity index (χ1) is 11.1. The molecular weight excluding hydrogens is 290 g/mol. The van der Waals surface area contributed by atoms with E-state index < -0.39 is 0 Å². The maximum Gasteiger partial charge on any atom is 0.170 e. The minimum absolute atomic E-state index is 0.533. The van der Waals surface area contributed by atoms with E-state index in [9.17, 15) is 0 Å². The SMILES string of the molecule is Cc1cc(N)n(-c2ncnc3c2cnn3-c2ccccc2C)n1. The molecule has 7 nitrogen and oxygen atoms in total. The van der Waals surface area contributed by atoms with Crippen molar-refractivity contribution in [3.63, 3.8) is 0 Å². The summed E-state index contributed by atoms with van der Waals surface area (Å²) >= 11 is 0. The van der Waals surface area contributed by atoms with E-state index in [1.807, 2.05) is 42.8 Å². The molecule has 3 aromatic heterocycles. The number of aryl methyl sites for hydroxylation is 2. The third kappa shape index (κ3) is 2.05.